The number of carbonyl (C=O) groups is 1. The van der Waals surface area contributed by atoms with Gasteiger partial charge in [0.15, 0.2) is 5.13 Å². The van der Waals surface area contributed by atoms with E-state index in [4.69, 9.17) is 11.6 Å². The molecule has 0 aliphatic carbocycles. The van der Waals surface area contributed by atoms with Crippen molar-refractivity contribution in [2.75, 3.05) is 5.32 Å². The van der Waals surface area contributed by atoms with Crippen LogP contribution in [0.4, 0.5) is 5.13 Å². The third kappa shape index (κ3) is 4.06. The van der Waals surface area contributed by atoms with Crippen LogP contribution in [0.2, 0.25) is 5.15 Å². The molecule has 0 atom stereocenters. The number of aromatic nitrogens is 4. The zero-order valence-electron chi connectivity index (χ0n) is 15.9. The maximum Gasteiger partial charge on any atom is 0.262 e. The summed E-state index contributed by atoms with van der Waals surface area (Å²) in [6.07, 6.45) is 1.73. The van der Waals surface area contributed by atoms with Crippen LogP contribution >= 0.6 is 22.9 Å². The molecule has 4 aromatic rings. The van der Waals surface area contributed by atoms with Crippen molar-refractivity contribution >= 4 is 34.0 Å². The second kappa shape index (κ2) is 8.14. The van der Waals surface area contributed by atoms with E-state index in [0.29, 0.717) is 28.1 Å². The van der Waals surface area contributed by atoms with Crippen molar-refractivity contribution in [2.45, 2.75) is 20.4 Å². The first-order chi connectivity index (χ1) is 14.0. The average Bonchev–Trinajstić information content (AvgIpc) is 3.27. The van der Waals surface area contributed by atoms with E-state index < -0.39 is 0 Å². The van der Waals surface area contributed by atoms with Crippen molar-refractivity contribution in [3.8, 4) is 11.4 Å². The minimum atomic E-state index is -0.328. The number of rotatable bonds is 5. The first kappa shape index (κ1) is 19.3. The zero-order valence-corrected chi connectivity index (χ0v) is 17.5. The second-order valence-electron chi connectivity index (χ2n) is 6.56. The number of thiazole rings is 1. The van der Waals surface area contributed by atoms with Crippen molar-refractivity contribution in [1.29, 1.82) is 0 Å². The zero-order chi connectivity index (χ0) is 20.4. The predicted molar refractivity (Wildman–Crippen MR) is 116 cm³/mol. The van der Waals surface area contributed by atoms with Crippen LogP contribution in [0, 0.1) is 13.8 Å². The fraction of sp³-hybridized carbons (Fsp3) is 0.143. The molecule has 8 heteroatoms. The van der Waals surface area contributed by atoms with Gasteiger partial charge in [-0.2, -0.15) is 5.10 Å². The second-order valence-corrected chi connectivity index (χ2v) is 7.77. The number of benzene rings is 1. The number of carbonyl (C=O) groups excluding carboxylic acids is 1. The van der Waals surface area contributed by atoms with Gasteiger partial charge in [0, 0.05) is 11.6 Å². The maximum atomic E-state index is 12.8. The lowest BCUT2D eigenvalue weighted by Crippen LogP contribution is -2.13. The number of hydrogen-bond donors (Lipinski definition) is 1. The van der Waals surface area contributed by atoms with Crippen LogP contribution in [0.5, 0.6) is 0 Å². The Bertz CT molecular complexity index is 1170. The summed E-state index contributed by atoms with van der Waals surface area (Å²) in [4.78, 5) is 21.7. The number of nitrogens with zero attached hydrogens (tertiary/aromatic N) is 4. The van der Waals surface area contributed by atoms with Crippen LogP contribution < -0.4 is 5.32 Å². The first-order valence-electron chi connectivity index (χ1n) is 8.98. The predicted octanol–water partition coefficient (Wildman–Crippen LogP) is 4.97. The lowest BCUT2D eigenvalue weighted by molar-refractivity contribution is 0.102. The van der Waals surface area contributed by atoms with Gasteiger partial charge in [-0.3, -0.25) is 15.1 Å². The van der Waals surface area contributed by atoms with Crippen molar-refractivity contribution in [1.82, 2.24) is 19.7 Å². The summed E-state index contributed by atoms with van der Waals surface area (Å²) in [5, 5.41) is 9.93. The number of hydrogen-bond acceptors (Lipinski definition) is 5. The number of pyridine rings is 1. The maximum absolute atomic E-state index is 12.8. The molecular formula is C21H18ClN5OS. The minimum absolute atomic E-state index is 0.307. The highest BCUT2D eigenvalue weighted by molar-refractivity contribution is 7.14. The molecule has 1 amide bonds. The van der Waals surface area contributed by atoms with Gasteiger partial charge >= 0.3 is 0 Å². The number of amides is 1. The fourth-order valence-electron chi connectivity index (χ4n) is 3.03. The standard InChI is InChI=1S/C21H18ClN5OS/c1-13-7-6-10-23-18(13)16-12-29-21(24-16)25-20(28)17-14(2)26-27(19(17)22)11-15-8-4-3-5-9-15/h3-10,12H,11H2,1-2H3,(H,24,25,28). The quantitative estimate of drug-likeness (QED) is 0.491. The van der Waals surface area contributed by atoms with Gasteiger partial charge in [-0.05, 0) is 31.0 Å². The smallest absolute Gasteiger partial charge is 0.262 e. The van der Waals surface area contributed by atoms with E-state index in [1.54, 1.807) is 17.8 Å². The van der Waals surface area contributed by atoms with Gasteiger partial charge < -0.3 is 0 Å². The van der Waals surface area contributed by atoms with Gasteiger partial charge in [-0.25, -0.2) is 9.67 Å². The Morgan fingerprint density at radius 3 is 2.72 bits per heavy atom. The summed E-state index contributed by atoms with van der Waals surface area (Å²) in [6, 6.07) is 13.7. The SMILES string of the molecule is Cc1cccnc1-c1csc(NC(=O)c2c(C)nn(Cc3ccccc3)c2Cl)n1. The molecule has 0 aliphatic heterocycles. The number of halogens is 1. The van der Waals surface area contributed by atoms with E-state index in [-0.39, 0.29) is 5.91 Å². The molecule has 3 aromatic heterocycles. The molecule has 0 fully saturated rings. The summed E-state index contributed by atoms with van der Waals surface area (Å²) in [5.41, 5.74) is 4.53. The molecule has 0 saturated heterocycles. The van der Waals surface area contributed by atoms with E-state index in [1.165, 1.54) is 11.3 Å². The van der Waals surface area contributed by atoms with Gasteiger partial charge in [0.05, 0.1) is 23.5 Å². The van der Waals surface area contributed by atoms with Gasteiger partial charge in [0.25, 0.3) is 5.91 Å². The Morgan fingerprint density at radius 2 is 1.97 bits per heavy atom. The molecule has 6 nitrogen and oxygen atoms in total. The summed E-state index contributed by atoms with van der Waals surface area (Å²) in [5.74, 6) is -0.328. The first-order valence-corrected chi connectivity index (χ1v) is 10.2. The summed E-state index contributed by atoms with van der Waals surface area (Å²) in [7, 11) is 0. The van der Waals surface area contributed by atoms with Crippen LogP contribution in [0.1, 0.15) is 27.2 Å². The Morgan fingerprint density at radius 1 is 1.17 bits per heavy atom. The summed E-state index contributed by atoms with van der Waals surface area (Å²) < 4.78 is 1.63. The molecule has 146 valence electrons. The normalized spacial score (nSPS) is 10.9. The molecule has 4 rings (SSSR count). The van der Waals surface area contributed by atoms with Gasteiger partial charge in [-0.1, -0.05) is 48.0 Å². The molecule has 29 heavy (non-hydrogen) atoms. The fourth-order valence-corrected chi connectivity index (χ4v) is 4.04. The number of anilines is 1. The molecule has 1 aromatic carbocycles. The van der Waals surface area contributed by atoms with E-state index in [9.17, 15) is 4.79 Å². The van der Waals surface area contributed by atoms with Gasteiger partial charge in [0.2, 0.25) is 0 Å². The molecule has 3 heterocycles. The number of aryl methyl sites for hydroxylation is 2. The summed E-state index contributed by atoms with van der Waals surface area (Å²) in [6.45, 7) is 4.24. The highest BCUT2D eigenvalue weighted by atomic mass is 35.5. The van der Waals surface area contributed by atoms with Crippen LogP contribution in [0.3, 0.4) is 0 Å². The third-order valence-corrected chi connectivity index (χ3v) is 5.59. The molecule has 0 unspecified atom stereocenters. The van der Waals surface area contributed by atoms with Crippen molar-refractivity contribution in [3.05, 3.63) is 81.6 Å². The Labute approximate surface area is 177 Å². The molecule has 1 N–H and O–H groups in total. The van der Waals surface area contributed by atoms with Crippen molar-refractivity contribution < 1.29 is 4.79 Å². The topological polar surface area (TPSA) is 72.7 Å². The van der Waals surface area contributed by atoms with E-state index in [2.05, 4.69) is 20.4 Å². The highest BCUT2D eigenvalue weighted by Crippen LogP contribution is 2.27. The molecule has 0 saturated carbocycles. The van der Waals surface area contributed by atoms with Crippen LogP contribution in [0.15, 0.2) is 54.0 Å². The lowest BCUT2D eigenvalue weighted by atomic mass is 10.2. The molecule has 0 bridgehead atoms. The van der Waals surface area contributed by atoms with Gasteiger partial charge in [0.1, 0.15) is 10.8 Å². The van der Waals surface area contributed by atoms with Gasteiger partial charge in [-0.15, -0.1) is 11.3 Å². The van der Waals surface area contributed by atoms with Crippen molar-refractivity contribution in [3.63, 3.8) is 0 Å². The van der Waals surface area contributed by atoms with Crippen LogP contribution in [-0.2, 0) is 6.54 Å². The number of nitrogens with one attached hydrogen (secondary N) is 1. The lowest BCUT2D eigenvalue weighted by Gasteiger charge is -2.04. The monoisotopic (exact) mass is 423 g/mol. The molecule has 0 radical (unpaired) electrons. The summed E-state index contributed by atoms with van der Waals surface area (Å²) >= 11 is 7.82. The van der Waals surface area contributed by atoms with E-state index >= 15 is 0 Å². The Hall–Kier alpha value is -3.03. The minimum Gasteiger partial charge on any atom is -0.298 e. The highest BCUT2D eigenvalue weighted by Gasteiger charge is 2.21. The molecular weight excluding hydrogens is 406 g/mol. The van der Waals surface area contributed by atoms with E-state index in [0.717, 1.165) is 22.5 Å². The Kier molecular flexibility index (Phi) is 5.42. The largest absolute Gasteiger partial charge is 0.298 e. The third-order valence-electron chi connectivity index (χ3n) is 4.44. The Balaban J connectivity index is 1.54. The van der Waals surface area contributed by atoms with Crippen molar-refractivity contribution in [2.24, 2.45) is 0 Å². The van der Waals surface area contributed by atoms with E-state index in [1.807, 2.05) is 54.8 Å². The molecule has 0 spiro atoms. The molecule has 0 aliphatic rings. The van der Waals surface area contributed by atoms with Crippen LogP contribution in [-0.4, -0.2) is 25.7 Å². The van der Waals surface area contributed by atoms with Crippen LogP contribution in [0.25, 0.3) is 11.4 Å². The average molecular weight is 424 g/mol.